The second kappa shape index (κ2) is 5.49. The average Bonchev–Trinajstić information content (AvgIpc) is 2.56. The van der Waals surface area contributed by atoms with Crippen LogP contribution in [0.5, 0.6) is 0 Å². The Kier molecular flexibility index (Phi) is 4.54. The van der Waals surface area contributed by atoms with Crippen LogP contribution in [0.3, 0.4) is 0 Å². The van der Waals surface area contributed by atoms with Crippen LogP contribution in [0.2, 0.25) is 0 Å². The highest BCUT2D eigenvalue weighted by Crippen LogP contribution is 2.15. The van der Waals surface area contributed by atoms with Crippen molar-refractivity contribution in [1.29, 1.82) is 0 Å². The number of ether oxygens (including phenoxy) is 1. The zero-order valence-electron chi connectivity index (χ0n) is 7.80. The van der Waals surface area contributed by atoms with E-state index < -0.39 is 0 Å². The zero-order valence-corrected chi connectivity index (χ0v) is 8.62. The van der Waals surface area contributed by atoms with E-state index in [1.807, 2.05) is 11.8 Å². The van der Waals surface area contributed by atoms with Gasteiger partial charge in [0.15, 0.2) is 0 Å². The second-order valence-electron chi connectivity index (χ2n) is 2.81. The quantitative estimate of drug-likeness (QED) is 0.707. The smallest absolute Gasteiger partial charge is 0.110 e. The normalized spacial score (nSPS) is 18.7. The fourth-order valence-corrected chi connectivity index (χ4v) is 1.95. The van der Waals surface area contributed by atoms with E-state index in [0.717, 1.165) is 31.1 Å². The van der Waals surface area contributed by atoms with Gasteiger partial charge >= 0.3 is 0 Å². The van der Waals surface area contributed by atoms with E-state index in [-0.39, 0.29) is 0 Å². The van der Waals surface area contributed by atoms with Gasteiger partial charge in [-0.3, -0.25) is 0 Å². The van der Waals surface area contributed by atoms with E-state index in [2.05, 4.69) is 24.6 Å². The van der Waals surface area contributed by atoms with Gasteiger partial charge in [-0.2, -0.15) is 11.8 Å². The number of thioether (sulfide) groups is 1. The molecule has 1 heterocycles. The summed E-state index contributed by atoms with van der Waals surface area (Å²) in [6.45, 7) is 4.00. The Morgan fingerprint density at radius 3 is 3.08 bits per heavy atom. The third-order valence-corrected chi connectivity index (χ3v) is 2.53. The SMILES string of the molecule is CCNC(CSC)C1=CCCO1. The molecule has 1 rings (SSSR count). The molecule has 70 valence electrons. The topological polar surface area (TPSA) is 21.3 Å². The second-order valence-corrected chi connectivity index (χ2v) is 3.72. The first-order chi connectivity index (χ1) is 5.88. The Labute approximate surface area is 78.7 Å². The summed E-state index contributed by atoms with van der Waals surface area (Å²) < 4.78 is 5.51. The van der Waals surface area contributed by atoms with Crippen molar-refractivity contribution >= 4 is 11.8 Å². The largest absolute Gasteiger partial charge is 0.496 e. The molecule has 0 bridgehead atoms. The van der Waals surface area contributed by atoms with Gasteiger partial charge in [0, 0.05) is 12.2 Å². The van der Waals surface area contributed by atoms with Gasteiger partial charge in [0.05, 0.1) is 12.6 Å². The van der Waals surface area contributed by atoms with Crippen molar-refractivity contribution in [3.8, 4) is 0 Å². The highest BCUT2D eigenvalue weighted by Gasteiger charge is 2.16. The molecule has 0 aromatic carbocycles. The zero-order chi connectivity index (χ0) is 8.81. The first-order valence-electron chi connectivity index (χ1n) is 4.43. The first-order valence-corrected chi connectivity index (χ1v) is 5.83. The molecule has 0 saturated heterocycles. The van der Waals surface area contributed by atoms with Crippen molar-refractivity contribution in [1.82, 2.24) is 5.32 Å². The molecule has 1 N–H and O–H groups in total. The van der Waals surface area contributed by atoms with Crippen LogP contribution in [0.15, 0.2) is 11.8 Å². The van der Waals surface area contributed by atoms with E-state index >= 15 is 0 Å². The fourth-order valence-electron chi connectivity index (χ4n) is 1.33. The molecule has 0 fully saturated rings. The van der Waals surface area contributed by atoms with Crippen LogP contribution in [-0.4, -0.2) is 31.2 Å². The Morgan fingerprint density at radius 2 is 2.58 bits per heavy atom. The molecule has 0 aliphatic carbocycles. The molecule has 0 spiro atoms. The van der Waals surface area contributed by atoms with E-state index in [4.69, 9.17) is 4.74 Å². The van der Waals surface area contributed by atoms with Crippen LogP contribution in [0.25, 0.3) is 0 Å². The summed E-state index contributed by atoms with van der Waals surface area (Å²) in [5, 5.41) is 3.41. The van der Waals surface area contributed by atoms with Crippen molar-refractivity contribution in [2.24, 2.45) is 0 Å². The summed E-state index contributed by atoms with van der Waals surface area (Å²) >= 11 is 1.85. The summed E-state index contributed by atoms with van der Waals surface area (Å²) in [5.41, 5.74) is 0. The summed E-state index contributed by atoms with van der Waals surface area (Å²) in [7, 11) is 0. The molecule has 1 unspecified atom stereocenters. The van der Waals surface area contributed by atoms with Crippen molar-refractivity contribution < 1.29 is 4.74 Å². The monoisotopic (exact) mass is 187 g/mol. The minimum Gasteiger partial charge on any atom is -0.496 e. The lowest BCUT2D eigenvalue weighted by Gasteiger charge is -2.17. The van der Waals surface area contributed by atoms with Gasteiger partial charge in [-0.25, -0.2) is 0 Å². The maximum Gasteiger partial charge on any atom is 0.110 e. The van der Waals surface area contributed by atoms with E-state index in [1.54, 1.807) is 0 Å². The van der Waals surface area contributed by atoms with Gasteiger partial charge in [0.2, 0.25) is 0 Å². The molecule has 0 saturated carbocycles. The fraction of sp³-hybridized carbons (Fsp3) is 0.778. The lowest BCUT2D eigenvalue weighted by Crippen LogP contribution is -2.33. The Balaban J connectivity index is 2.40. The van der Waals surface area contributed by atoms with Crippen LogP contribution in [0, 0.1) is 0 Å². The molecule has 1 aliphatic rings. The molecule has 0 radical (unpaired) electrons. The summed E-state index contributed by atoms with van der Waals surface area (Å²) in [4.78, 5) is 0. The molecule has 0 aromatic heterocycles. The number of nitrogens with one attached hydrogen (secondary N) is 1. The molecule has 3 heteroatoms. The van der Waals surface area contributed by atoms with Gasteiger partial charge < -0.3 is 10.1 Å². The van der Waals surface area contributed by atoms with Crippen molar-refractivity contribution in [2.75, 3.05) is 25.2 Å². The molecule has 1 atom stereocenters. The minimum atomic E-state index is 0.424. The summed E-state index contributed by atoms with van der Waals surface area (Å²) in [6.07, 6.45) is 5.40. The van der Waals surface area contributed by atoms with E-state index in [1.165, 1.54) is 0 Å². The Hall–Kier alpha value is -0.150. The molecule has 1 aliphatic heterocycles. The maximum absolute atomic E-state index is 5.51. The molecule has 0 aromatic rings. The van der Waals surface area contributed by atoms with Crippen LogP contribution in [0.1, 0.15) is 13.3 Å². The van der Waals surface area contributed by atoms with Crippen molar-refractivity contribution in [2.45, 2.75) is 19.4 Å². The minimum absolute atomic E-state index is 0.424. The maximum atomic E-state index is 5.51. The Morgan fingerprint density at radius 1 is 1.75 bits per heavy atom. The summed E-state index contributed by atoms with van der Waals surface area (Å²) in [6, 6.07) is 0.424. The first kappa shape index (κ1) is 9.93. The van der Waals surface area contributed by atoms with Gasteiger partial charge in [-0.1, -0.05) is 6.92 Å². The van der Waals surface area contributed by atoms with E-state index in [9.17, 15) is 0 Å². The third kappa shape index (κ3) is 2.72. The number of hydrogen-bond acceptors (Lipinski definition) is 3. The number of likely N-dealkylation sites (N-methyl/N-ethyl adjacent to an activating group) is 1. The van der Waals surface area contributed by atoms with Gasteiger partial charge in [-0.05, 0) is 18.9 Å². The van der Waals surface area contributed by atoms with Crippen LogP contribution in [0.4, 0.5) is 0 Å². The highest BCUT2D eigenvalue weighted by molar-refractivity contribution is 7.98. The van der Waals surface area contributed by atoms with Gasteiger partial charge in [0.1, 0.15) is 5.76 Å². The van der Waals surface area contributed by atoms with Crippen LogP contribution >= 0.6 is 11.8 Å². The molecular weight excluding hydrogens is 170 g/mol. The van der Waals surface area contributed by atoms with Crippen molar-refractivity contribution in [3.05, 3.63) is 11.8 Å². The predicted molar refractivity (Wildman–Crippen MR) is 54.5 cm³/mol. The number of hydrogen-bond donors (Lipinski definition) is 1. The average molecular weight is 187 g/mol. The predicted octanol–water partition coefficient (Wildman–Crippen LogP) is 1.63. The molecule has 12 heavy (non-hydrogen) atoms. The molecule has 0 amide bonds. The lowest BCUT2D eigenvalue weighted by atomic mass is 10.2. The van der Waals surface area contributed by atoms with Crippen LogP contribution < -0.4 is 5.32 Å². The number of rotatable bonds is 5. The van der Waals surface area contributed by atoms with E-state index in [0.29, 0.717) is 6.04 Å². The Bertz CT molecular complexity index is 153. The van der Waals surface area contributed by atoms with Crippen LogP contribution in [-0.2, 0) is 4.74 Å². The standard InChI is InChI=1S/C9H17NOS/c1-3-10-8(7-12-2)9-5-4-6-11-9/h5,8,10H,3-4,6-7H2,1-2H3. The molecular formula is C9H17NOS. The molecule has 2 nitrogen and oxygen atoms in total. The van der Waals surface area contributed by atoms with Gasteiger partial charge in [0.25, 0.3) is 0 Å². The lowest BCUT2D eigenvalue weighted by molar-refractivity contribution is 0.220. The third-order valence-electron chi connectivity index (χ3n) is 1.86. The van der Waals surface area contributed by atoms with Crippen molar-refractivity contribution in [3.63, 3.8) is 0 Å². The summed E-state index contributed by atoms with van der Waals surface area (Å²) in [5.74, 6) is 2.24. The van der Waals surface area contributed by atoms with Gasteiger partial charge in [-0.15, -0.1) is 0 Å². The highest BCUT2D eigenvalue weighted by atomic mass is 32.2.